The van der Waals surface area contributed by atoms with Gasteiger partial charge in [0.25, 0.3) is 0 Å². The molecule has 0 atom stereocenters. The summed E-state index contributed by atoms with van der Waals surface area (Å²) >= 11 is 0. The molecule has 0 amide bonds. The van der Waals surface area contributed by atoms with Crippen LogP contribution in [-0.2, 0) is 0 Å². The summed E-state index contributed by atoms with van der Waals surface area (Å²) in [4.78, 5) is 9.65. The Morgan fingerprint density at radius 3 is 2.30 bits per heavy atom. The highest BCUT2D eigenvalue weighted by Gasteiger charge is 2.20. The van der Waals surface area contributed by atoms with Crippen LogP contribution in [0.4, 0.5) is 11.6 Å². The fourth-order valence-corrected chi connectivity index (χ4v) is 2.52. The number of nitrogens with one attached hydrogen (secondary N) is 1. The number of pyridine rings is 1. The third kappa shape index (κ3) is 4.10. The molecule has 4 nitrogen and oxygen atoms in total. The summed E-state index contributed by atoms with van der Waals surface area (Å²) in [7, 11) is 0. The third-order valence-corrected chi connectivity index (χ3v) is 3.61. The molecule has 1 aromatic heterocycles. The van der Waals surface area contributed by atoms with Gasteiger partial charge in [-0.1, -0.05) is 6.07 Å². The quantitative estimate of drug-likeness (QED) is 0.920. The Kier molecular flexibility index (Phi) is 4.53. The summed E-state index contributed by atoms with van der Waals surface area (Å²) in [6, 6.07) is 6.88. The van der Waals surface area contributed by atoms with Crippen molar-refractivity contribution in [3.63, 3.8) is 0 Å². The van der Waals surface area contributed by atoms with Crippen LogP contribution in [0.1, 0.15) is 34.6 Å². The average molecular weight is 276 g/mol. The van der Waals surface area contributed by atoms with Gasteiger partial charge in [0.15, 0.2) is 0 Å². The molecule has 0 spiro atoms. The van der Waals surface area contributed by atoms with E-state index in [1.165, 1.54) is 0 Å². The van der Waals surface area contributed by atoms with E-state index in [0.717, 1.165) is 37.8 Å². The number of hydrogen-bond donors (Lipinski definition) is 1. The van der Waals surface area contributed by atoms with Crippen LogP contribution in [0.15, 0.2) is 18.2 Å². The smallest absolute Gasteiger partial charge is 0.131 e. The molecule has 2 rings (SSSR count). The predicted octanol–water partition coefficient (Wildman–Crippen LogP) is 2.82. The zero-order valence-corrected chi connectivity index (χ0v) is 13.5. The zero-order valence-electron chi connectivity index (χ0n) is 13.5. The van der Waals surface area contributed by atoms with Gasteiger partial charge < -0.3 is 10.2 Å². The summed E-state index contributed by atoms with van der Waals surface area (Å²) in [5, 5.41) is 3.44. The molecular formula is C16H28N4. The molecule has 2 heterocycles. The Morgan fingerprint density at radius 1 is 1.10 bits per heavy atom. The number of aromatic nitrogens is 1. The lowest BCUT2D eigenvalue weighted by atomic mass is 10.1. The molecule has 0 unspecified atom stereocenters. The van der Waals surface area contributed by atoms with Crippen molar-refractivity contribution >= 4 is 11.6 Å². The molecule has 1 aliphatic rings. The van der Waals surface area contributed by atoms with E-state index >= 15 is 0 Å². The maximum Gasteiger partial charge on any atom is 0.131 e. The highest BCUT2D eigenvalue weighted by atomic mass is 15.3. The number of rotatable bonds is 3. The first kappa shape index (κ1) is 15.1. The molecule has 0 radical (unpaired) electrons. The second-order valence-corrected chi connectivity index (χ2v) is 6.87. The van der Waals surface area contributed by atoms with Gasteiger partial charge in [-0.05, 0) is 46.8 Å². The topological polar surface area (TPSA) is 31.4 Å². The Morgan fingerprint density at radius 2 is 1.75 bits per heavy atom. The van der Waals surface area contributed by atoms with E-state index in [2.05, 4.69) is 61.9 Å². The number of nitrogens with zero attached hydrogens (tertiary/aromatic N) is 3. The first-order valence-electron chi connectivity index (χ1n) is 7.59. The Balaban J connectivity index is 2.01. The molecule has 112 valence electrons. The second kappa shape index (κ2) is 6.00. The van der Waals surface area contributed by atoms with Crippen molar-refractivity contribution in [2.24, 2.45) is 0 Å². The fourth-order valence-electron chi connectivity index (χ4n) is 2.52. The normalized spacial score (nSPS) is 17.6. The van der Waals surface area contributed by atoms with E-state index < -0.39 is 0 Å². The van der Waals surface area contributed by atoms with Crippen LogP contribution in [0.5, 0.6) is 0 Å². The minimum absolute atomic E-state index is 0.0436. The number of piperazine rings is 1. The summed E-state index contributed by atoms with van der Waals surface area (Å²) < 4.78 is 0. The SMILES string of the molecule is CC(C)N1CCN(c2cccc(NC(C)(C)C)n2)CC1. The molecule has 0 aromatic carbocycles. The summed E-state index contributed by atoms with van der Waals surface area (Å²) in [5.74, 6) is 2.05. The van der Waals surface area contributed by atoms with E-state index in [1.807, 2.05) is 6.07 Å². The summed E-state index contributed by atoms with van der Waals surface area (Å²) in [5.41, 5.74) is 0.0436. The van der Waals surface area contributed by atoms with Crippen LogP contribution in [0.2, 0.25) is 0 Å². The summed E-state index contributed by atoms with van der Waals surface area (Å²) in [6.45, 7) is 15.4. The predicted molar refractivity (Wildman–Crippen MR) is 86.5 cm³/mol. The molecule has 1 N–H and O–H groups in total. The Labute approximate surface area is 123 Å². The standard InChI is InChI=1S/C16H28N4/c1-13(2)19-9-11-20(12-10-19)15-8-6-7-14(17-15)18-16(3,4)5/h6-8,13H,9-12H2,1-5H3,(H,17,18). The summed E-state index contributed by atoms with van der Waals surface area (Å²) in [6.07, 6.45) is 0. The lowest BCUT2D eigenvalue weighted by molar-refractivity contribution is 0.209. The van der Waals surface area contributed by atoms with Gasteiger partial charge in [-0.25, -0.2) is 4.98 Å². The molecule has 0 bridgehead atoms. The minimum Gasteiger partial charge on any atom is -0.365 e. The van der Waals surface area contributed by atoms with Crippen LogP contribution in [0.3, 0.4) is 0 Å². The van der Waals surface area contributed by atoms with Gasteiger partial charge in [-0.3, -0.25) is 4.90 Å². The first-order valence-corrected chi connectivity index (χ1v) is 7.59. The van der Waals surface area contributed by atoms with E-state index in [4.69, 9.17) is 4.98 Å². The molecule has 1 fully saturated rings. The van der Waals surface area contributed by atoms with Gasteiger partial charge >= 0.3 is 0 Å². The van der Waals surface area contributed by atoms with Crippen LogP contribution in [-0.4, -0.2) is 47.6 Å². The van der Waals surface area contributed by atoms with Crippen molar-refractivity contribution in [2.75, 3.05) is 36.4 Å². The monoisotopic (exact) mass is 276 g/mol. The number of hydrogen-bond acceptors (Lipinski definition) is 4. The molecule has 0 aliphatic carbocycles. The van der Waals surface area contributed by atoms with E-state index in [0.29, 0.717) is 6.04 Å². The molecule has 0 saturated carbocycles. The number of anilines is 2. The van der Waals surface area contributed by atoms with Crippen LogP contribution < -0.4 is 10.2 Å². The first-order chi connectivity index (χ1) is 9.35. The van der Waals surface area contributed by atoms with Crippen molar-refractivity contribution in [3.05, 3.63) is 18.2 Å². The van der Waals surface area contributed by atoms with Crippen LogP contribution in [0.25, 0.3) is 0 Å². The molecule has 20 heavy (non-hydrogen) atoms. The Hall–Kier alpha value is -1.29. The largest absolute Gasteiger partial charge is 0.365 e. The van der Waals surface area contributed by atoms with Gasteiger partial charge in [-0.2, -0.15) is 0 Å². The van der Waals surface area contributed by atoms with Crippen LogP contribution >= 0.6 is 0 Å². The molecular weight excluding hydrogens is 248 g/mol. The zero-order chi connectivity index (χ0) is 14.8. The van der Waals surface area contributed by atoms with Crippen molar-refractivity contribution in [1.29, 1.82) is 0 Å². The van der Waals surface area contributed by atoms with E-state index in [9.17, 15) is 0 Å². The van der Waals surface area contributed by atoms with Crippen molar-refractivity contribution in [1.82, 2.24) is 9.88 Å². The molecule has 1 saturated heterocycles. The molecule has 1 aliphatic heterocycles. The maximum atomic E-state index is 4.75. The average Bonchev–Trinajstić information content (AvgIpc) is 2.37. The van der Waals surface area contributed by atoms with Crippen molar-refractivity contribution in [3.8, 4) is 0 Å². The highest BCUT2D eigenvalue weighted by molar-refractivity contribution is 5.48. The van der Waals surface area contributed by atoms with Gasteiger partial charge in [0.1, 0.15) is 11.6 Å². The lowest BCUT2D eigenvalue weighted by Crippen LogP contribution is -2.49. The molecule has 1 aromatic rings. The van der Waals surface area contributed by atoms with Crippen molar-refractivity contribution in [2.45, 2.75) is 46.2 Å². The van der Waals surface area contributed by atoms with Crippen molar-refractivity contribution < 1.29 is 0 Å². The van der Waals surface area contributed by atoms with E-state index in [1.54, 1.807) is 0 Å². The van der Waals surface area contributed by atoms with Gasteiger partial charge in [-0.15, -0.1) is 0 Å². The lowest BCUT2D eigenvalue weighted by Gasteiger charge is -2.37. The fraction of sp³-hybridized carbons (Fsp3) is 0.688. The maximum absolute atomic E-state index is 4.75. The van der Waals surface area contributed by atoms with Gasteiger partial charge in [0, 0.05) is 37.8 Å². The Bertz CT molecular complexity index is 428. The van der Waals surface area contributed by atoms with Gasteiger partial charge in [0.2, 0.25) is 0 Å². The minimum atomic E-state index is 0.0436. The second-order valence-electron chi connectivity index (χ2n) is 6.87. The van der Waals surface area contributed by atoms with Gasteiger partial charge in [0.05, 0.1) is 0 Å². The highest BCUT2D eigenvalue weighted by Crippen LogP contribution is 2.19. The third-order valence-electron chi connectivity index (χ3n) is 3.61. The van der Waals surface area contributed by atoms with Crippen LogP contribution in [0, 0.1) is 0 Å². The molecule has 4 heteroatoms. The van der Waals surface area contributed by atoms with E-state index in [-0.39, 0.29) is 5.54 Å².